The average molecular weight is 265 g/mol. The number of halogens is 2. The second-order valence-corrected chi connectivity index (χ2v) is 4.27. The SMILES string of the molecule is O=C(O)C(F)Sc1cccc(Br)c1. The Labute approximate surface area is 87.3 Å². The molecule has 1 rings (SSSR count). The molecule has 0 aliphatic rings. The Morgan fingerprint density at radius 2 is 2.31 bits per heavy atom. The Kier molecular flexibility index (Phi) is 3.74. The van der Waals surface area contributed by atoms with Crippen LogP contribution < -0.4 is 0 Å². The first kappa shape index (κ1) is 10.5. The molecule has 13 heavy (non-hydrogen) atoms. The second kappa shape index (κ2) is 4.62. The van der Waals surface area contributed by atoms with E-state index in [9.17, 15) is 9.18 Å². The van der Waals surface area contributed by atoms with E-state index in [1.807, 2.05) is 0 Å². The van der Waals surface area contributed by atoms with Crippen LogP contribution in [0.1, 0.15) is 0 Å². The van der Waals surface area contributed by atoms with Gasteiger partial charge < -0.3 is 5.11 Å². The fourth-order valence-electron chi connectivity index (χ4n) is 0.710. The van der Waals surface area contributed by atoms with Crippen molar-refractivity contribution in [2.45, 2.75) is 10.4 Å². The first-order chi connectivity index (χ1) is 6.09. The molecule has 0 spiro atoms. The van der Waals surface area contributed by atoms with Gasteiger partial charge in [-0.05, 0) is 18.2 Å². The second-order valence-electron chi connectivity index (χ2n) is 2.23. The molecule has 2 nitrogen and oxygen atoms in total. The topological polar surface area (TPSA) is 37.3 Å². The summed E-state index contributed by atoms with van der Waals surface area (Å²) >= 11 is 3.88. The van der Waals surface area contributed by atoms with Crippen molar-refractivity contribution in [2.75, 3.05) is 0 Å². The molecule has 0 aliphatic heterocycles. The number of hydrogen-bond donors (Lipinski definition) is 1. The van der Waals surface area contributed by atoms with Gasteiger partial charge in [0.2, 0.25) is 5.50 Å². The van der Waals surface area contributed by atoms with Crippen molar-refractivity contribution < 1.29 is 14.3 Å². The zero-order chi connectivity index (χ0) is 9.84. The number of carboxylic acid groups (broad SMARTS) is 1. The fraction of sp³-hybridized carbons (Fsp3) is 0.125. The molecule has 1 unspecified atom stereocenters. The maximum absolute atomic E-state index is 12.7. The van der Waals surface area contributed by atoms with E-state index in [4.69, 9.17) is 5.11 Å². The van der Waals surface area contributed by atoms with Crippen molar-refractivity contribution in [3.8, 4) is 0 Å². The van der Waals surface area contributed by atoms with E-state index in [0.29, 0.717) is 16.7 Å². The normalized spacial score (nSPS) is 12.5. The molecule has 0 fully saturated rings. The summed E-state index contributed by atoms with van der Waals surface area (Å²) in [5, 5.41) is 8.31. The maximum atomic E-state index is 12.7. The van der Waals surface area contributed by atoms with E-state index in [-0.39, 0.29) is 0 Å². The van der Waals surface area contributed by atoms with Gasteiger partial charge in [0.25, 0.3) is 0 Å². The molecule has 0 amide bonds. The lowest BCUT2D eigenvalue weighted by atomic mass is 10.4. The van der Waals surface area contributed by atoms with Crippen molar-refractivity contribution in [1.82, 2.24) is 0 Å². The van der Waals surface area contributed by atoms with E-state index in [1.54, 1.807) is 24.3 Å². The molecule has 0 heterocycles. The molecule has 1 atom stereocenters. The number of alkyl halides is 1. The minimum atomic E-state index is -1.91. The lowest BCUT2D eigenvalue weighted by molar-refractivity contribution is -0.139. The molecule has 1 N–H and O–H groups in total. The van der Waals surface area contributed by atoms with Crippen LogP contribution in [0.25, 0.3) is 0 Å². The summed E-state index contributed by atoms with van der Waals surface area (Å²) in [5.41, 5.74) is -1.91. The summed E-state index contributed by atoms with van der Waals surface area (Å²) < 4.78 is 13.5. The molecule has 0 radical (unpaired) electrons. The van der Waals surface area contributed by atoms with E-state index >= 15 is 0 Å². The molecule has 0 aliphatic carbocycles. The van der Waals surface area contributed by atoms with Crippen LogP contribution in [0, 0.1) is 0 Å². The summed E-state index contributed by atoms with van der Waals surface area (Å²) in [5.74, 6) is -1.45. The fourth-order valence-corrected chi connectivity index (χ4v) is 1.95. The number of carbonyl (C=O) groups is 1. The van der Waals surface area contributed by atoms with Gasteiger partial charge in [-0.1, -0.05) is 33.8 Å². The Hall–Kier alpha value is -0.550. The third kappa shape index (κ3) is 3.36. The Balaban J connectivity index is 2.69. The summed E-state index contributed by atoms with van der Waals surface area (Å²) in [7, 11) is 0. The number of aliphatic carboxylic acids is 1. The molecule has 0 aromatic heterocycles. The highest BCUT2D eigenvalue weighted by Gasteiger charge is 2.16. The zero-order valence-electron chi connectivity index (χ0n) is 6.41. The number of carboxylic acids is 1. The van der Waals surface area contributed by atoms with Crippen LogP contribution >= 0.6 is 27.7 Å². The molecule has 0 saturated heterocycles. The number of hydrogen-bond acceptors (Lipinski definition) is 2. The van der Waals surface area contributed by atoms with Gasteiger partial charge in [0.15, 0.2) is 0 Å². The van der Waals surface area contributed by atoms with Gasteiger partial charge in [-0.25, -0.2) is 9.18 Å². The van der Waals surface area contributed by atoms with E-state index in [0.717, 1.165) is 4.47 Å². The molecule has 0 bridgehead atoms. The van der Waals surface area contributed by atoms with Gasteiger partial charge in [-0.15, -0.1) is 0 Å². The predicted octanol–water partition coefficient (Wildman–Crippen LogP) is 2.92. The average Bonchev–Trinajstić information content (AvgIpc) is 2.04. The molecular weight excluding hydrogens is 259 g/mol. The minimum Gasteiger partial charge on any atom is -0.478 e. The Morgan fingerprint density at radius 3 is 2.85 bits per heavy atom. The van der Waals surface area contributed by atoms with Crippen LogP contribution in [0.2, 0.25) is 0 Å². The van der Waals surface area contributed by atoms with Crippen molar-refractivity contribution in [1.29, 1.82) is 0 Å². The van der Waals surface area contributed by atoms with Crippen molar-refractivity contribution in [3.63, 3.8) is 0 Å². The maximum Gasteiger partial charge on any atom is 0.349 e. The van der Waals surface area contributed by atoms with Gasteiger partial charge in [-0.2, -0.15) is 0 Å². The zero-order valence-corrected chi connectivity index (χ0v) is 8.81. The van der Waals surface area contributed by atoms with Crippen LogP contribution in [-0.2, 0) is 4.79 Å². The first-order valence-electron chi connectivity index (χ1n) is 3.38. The van der Waals surface area contributed by atoms with Crippen LogP contribution in [0.3, 0.4) is 0 Å². The van der Waals surface area contributed by atoms with Crippen LogP contribution in [0.15, 0.2) is 33.6 Å². The van der Waals surface area contributed by atoms with Gasteiger partial charge in [0.05, 0.1) is 0 Å². The van der Waals surface area contributed by atoms with Crippen LogP contribution in [0.5, 0.6) is 0 Å². The largest absolute Gasteiger partial charge is 0.478 e. The third-order valence-corrected chi connectivity index (χ3v) is 2.66. The molecule has 1 aromatic rings. The highest BCUT2D eigenvalue weighted by Crippen LogP contribution is 2.26. The standard InChI is InChI=1S/C8H6BrFO2S/c9-5-2-1-3-6(4-5)13-7(10)8(11)12/h1-4,7H,(H,11,12). The van der Waals surface area contributed by atoms with Gasteiger partial charge in [0, 0.05) is 9.37 Å². The van der Waals surface area contributed by atoms with E-state index < -0.39 is 11.5 Å². The van der Waals surface area contributed by atoms with Gasteiger partial charge in [0.1, 0.15) is 0 Å². The third-order valence-electron chi connectivity index (χ3n) is 1.23. The predicted molar refractivity (Wildman–Crippen MR) is 52.5 cm³/mol. The smallest absolute Gasteiger partial charge is 0.349 e. The van der Waals surface area contributed by atoms with Crippen molar-refractivity contribution >= 4 is 33.7 Å². The molecule has 5 heteroatoms. The Morgan fingerprint density at radius 1 is 1.62 bits per heavy atom. The summed E-state index contributed by atoms with van der Waals surface area (Å²) in [6.45, 7) is 0. The lowest BCUT2D eigenvalue weighted by Crippen LogP contribution is -2.09. The molecular formula is C8H6BrFO2S. The highest BCUT2D eigenvalue weighted by atomic mass is 79.9. The summed E-state index contributed by atoms with van der Waals surface area (Å²) in [6, 6.07) is 6.84. The Bertz CT molecular complexity index is 319. The highest BCUT2D eigenvalue weighted by molar-refractivity contribution is 9.10. The molecule has 70 valence electrons. The minimum absolute atomic E-state index is 0.587. The number of benzene rings is 1. The van der Waals surface area contributed by atoms with Gasteiger partial charge >= 0.3 is 5.97 Å². The quantitative estimate of drug-likeness (QED) is 0.854. The molecule has 1 aromatic carbocycles. The summed E-state index contributed by atoms with van der Waals surface area (Å²) in [6.07, 6.45) is 0. The monoisotopic (exact) mass is 264 g/mol. The number of thioether (sulfide) groups is 1. The lowest BCUT2D eigenvalue weighted by Gasteiger charge is -2.02. The first-order valence-corrected chi connectivity index (χ1v) is 5.06. The van der Waals surface area contributed by atoms with Crippen LogP contribution in [-0.4, -0.2) is 16.6 Å². The molecule has 0 saturated carbocycles. The number of rotatable bonds is 3. The summed E-state index contributed by atoms with van der Waals surface area (Å²) in [4.78, 5) is 10.8. The van der Waals surface area contributed by atoms with Crippen LogP contribution in [0.4, 0.5) is 4.39 Å². The van der Waals surface area contributed by atoms with E-state index in [1.165, 1.54) is 0 Å². The van der Waals surface area contributed by atoms with Crippen molar-refractivity contribution in [2.24, 2.45) is 0 Å². The van der Waals surface area contributed by atoms with Gasteiger partial charge in [-0.3, -0.25) is 0 Å². The van der Waals surface area contributed by atoms with Crippen molar-refractivity contribution in [3.05, 3.63) is 28.7 Å². The van der Waals surface area contributed by atoms with E-state index in [2.05, 4.69) is 15.9 Å².